The van der Waals surface area contributed by atoms with E-state index >= 15 is 0 Å². The molecular formula is C13H17N3S. The summed E-state index contributed by atoms with van der Waals surface area (Å²) >= 11 is 1.75. The van der Waals surface area contributed by atoms with Crippen molar-refractivity contribution < 1.29 is 0 Å². The van der Waals surface area contributed by atoms with Gasteiger partial charge in [0.2, 0.25) is 0 Å². The van der Waals surface area contributed by atoms with Crippen LogP contribution < -0.4 is 5.32 Å². The van der Waals surface area contributed by atoms with Gasteiger partial charge in [0.25, 0.3) is 0 Å². The minimum absolute atomic E-state index is 0.811. The van der Waals surface area contributed by atoms with Gasteiger partial charge < -0.3 is 5.32 Å². The maximum Gasteiger partial charge on any atom is 0.133 e. The zero-order valence-corrected chi connectivity index (χ0v) is 11.5. The van der Waals surface area contributed by atoms with Crippen LogP contribution in [0.5, 0.6) is 0 Å². The van der Waals surface area contributed by atoms with Crippen LogP contribution in [-0.4, -0.2) is 16.5 Å². The van der Waals surface area contributed by atoms with E-state index in [0.717, 1.165) is 29.4 Å². The van der Waals surface area contributed by atoms with Crippen molar-refractivity contribution in [3.8, 4) is 11.3 Å². The van der Waals surface area contributed by atoms with Crippen molar-refractivity contribution >= 4 is 17.2 Å². The number of hydrogen-bond acceptors (Lipinski definition) is 4. The summed E-state index contributed by atoms with van der Waals surface area (Å²) in [4.78, 5) is 10.3. The highest BCUT2D eigenvalue weighted by molar-refractivity contribution is 7.10. The Balaban J connectivity index is 2.53. The molecule has 3 nitrogen and oxygen atoms in total. The van der Waals surface area contributed by atoms with E-state index < -0.39 is 0 Å². The summed E-state index contributed by atoms with van der Waals surface area (Å²) in [5.74, 6) is 1.75. The van der Waals surface area contributed by atoms with Gasteiger partial charge >= 0.3 is 0 Å². The molecule has 0 aliphatic rings. The van der Waals surface area contributed by atoms with Gasteiger partial charge in [0.05, 0.1) is 5.69 Å². The van der Waals surface area contributed by atoms with E-state index in [0.29, 0.717) is 0 Å². The Morgan fingerprint density at radius 1 is 1.24 bits per heavy atom. The van der Waals surface area contributed by atoms with Crippen molar-refractivity contribution in [3.63, 3.8) is 0 Å². The number of anilines is 1. The van der Waals surface area contributed by atoms with Crippen LogP contribution in [0, 0.1) is 20.8 Å². The van der Waals surface area contributed by atoms with Crippen LogP contribution >= 0.6 is 11.3 Å². The fourth-order valence-corrected chi connectivity index (χ4v) is 2.50. The van der Waals surface area contributed by atoms with Gasteiger partial charge in [-0.3, -0.25) is 0 Å². The quantitative estimate of drug-likeness (QED) is 0.901. The van der Waals surface area contributed by atoms with Crippen LogP contribution in [0.15, 0.2) is 11.4 Å². The van der Waals surface area contributed by atoms with Gasteiger partial charge in [-0.15, -0.1) is 11.3 Å². The molecule has 0 unspecified atom stereocenters. The molecule has 0 aliphatic carbocycles. The van der Waals surface area contributed by atoms with Crippen molar-refractivity contribution in [3.05, 3.63) is 27.7 Å². The van der Waals surface area contributed by atoms with Gasteiger partial charge in [-0.05, 0) is 33.8 Å². The molecule has 4 heteroatoms. The van der Waals surface area contributed by atoms with Gasteiger partial charge in [0.15, 0.2) is 0 Å². The third-order valence-corrected chi connectivity index (χ3v) is 3.47. The fourth-order valence-electron chi connectivity index (χ4n) is 1.82. The summed E-state index contributed by atoms with van der Waals surface area (Å²) in [7, 11) is 0. The summed E-state index contributed by atoms with van der Waals surface area (Å²) < 4.78 is 0. The molecule has 1 N–H and O–H groups in total. The number of aromatic nitrogens is 2. The predicted molar refractivity (Wildman–Crippen MR) is 73.7 cm³/mol. The normalized spacial score (nSPS) is 10.6. The average molecular weight is 247 g/mol. The maximum atomic E-state index is 4.55. The monoisotopic (exact) mass is 247 g/mol. The smallest absolute Gasteiger partial charge is 0.133 e. The van der Waals surface area contributed by atoms with Gasteiger partial charge in [-0.25, -0.2) is 9.97 Å². The Kier molecular flexibility index (Phi) is 3.43. The molecule has 2 aromatic rings. The minimum Gasteiger partial charge on any atom is -0.370 e. The SMILES string of the molecule is CCNc1nc(C)nc(-c2csc(C)c2)c1C. The molecule has 90 valence electrons. The molecule has 2 rings (SSSR count). The van der Waals surface area contributed by atoms with Crippen LogP contribution in [0.2, 0.25) is 0 Å². The largest absolute Gasteiger partial charge is 0.370 e. The first kappa shape index (κ1) is 12.0. The second-order valence-electron chi connectivity index (χ2n) is 4.07. The lowest BCUT2D eigenvalue weighted by Crippen LogP contribution is -2.05. The third-order valence-electron chi connectivity index (χ3n) is 2.61. The number of aryl methyl sites for hydroxylation is 2. The van der Waals surface area contributed by atoms with Crippen molar-refractivity contribution in [2.45, 2.75) is 27.7 Å². The number of nitrogens with zero attached hydrogens (tertiary/aromatic N) is 2. The summed E-state index contributed by atoms with van der Waals surface area (Å²) in [6.45, 7) is 9.07. The first-order valence-corrected chi connectivity index (χ1v) is 6.64. The topological polar surface area (TPSA) is 37.8 Å². The van der Waals surface area contributed by atoms with E-state index in [1.54, 1.807) is 11.3 Å². The number of nitrogens with one attached hydrogen (secondary N) is 1. The lowest BCUT2D eigenvalue weighted by molar-refractivity contribution is 1.02. The molecule has 0 amide bonds. The van der Waals surface area contributed by atoms with Crippen molar-refractivity contribution in [2.24, 2.45) is 0 Å². The Bertz CT molecular complexity index is 531. The minimum atomic E-state index is 0.811. The van der Waals surface area contributed by atoms with E-state index in [-0.39, 0.29) is 0 Å². The highest BCUT2D eigenvalue weighted by Gasteiger charge is 2.11. The molecule has 2 heterocycles. The molecule has 0 atom stereocenters. The molecule has 0 bridgehead atoms. The Morgan fingerprint density at radius 3 is 2.59 bits per heavy atom. The standard InChI is InChI=1S/C13H17N3S/c1-5-14-13-9(3)12(15-10(4)16-13)11-6-8(2)17-7-11/h6-7H,5H2,1-4H3,(H,14,15,16). The van der Waals surface area contributed by atoms with E-state index in [4.69, 9.17) is 0 Å². The van der Waals surface area contributed by atoms with Crippen LogP contribution in [0.1, 0.15) is 23.2 Å². The van der Waals surface area contributed by atoms with Gasteiger partial charge in [-0.2, -0.15) is 0 Å². The molecule has 0 aliphatic heterocycles. The summed E-state index contributed by atoms with van der Waals surface area (Å²) in [6, 6.07) is 2.18. The lowest BCUT2D eigenvalue weighted by Gasteiger charge is -2.11. The average Bonchev–Trinajstić information content (AvgIpc) is 2.70. The highest BCUT2D eigenvalue weighted by Crippen LogP contribution is 2.29. The molecule has 17 heavy (non-hydrogen) atoms. The van der Waals surface area contributed by atoms with E-state index in [9.17, 15) is 0 Å². The van der Waals surface area contributed by atoms with Crippen molar-refractivity contribution in [2.75, 3.05) is 11.9 Å². The van der Waals surface area contributed by atoms with Gasteiger partial charge in [0, 0.05) is 27.9 Å². The molecule has 0 saturated heterocycles. The van der Waals surface area contributed by atoms with Gasteiger partial charge in [-0.1, -0.05) is 0 Å². The highest BCUT2D eigenvalue weighted by atomic mass is 32.1. The zero-order chi connectivity index (χ0) is 12.4. The predicted octanol–water partition coefficient (Wildman–Crippen LogP) is 3.56. The second-order valence-corrected chi connectivity index (χ2v) is 5.18. The Morgan fingerprint density at radius 2 is 2.00 bits per heavy atom. The summed E-state index contributed by atoms with van der Waals surface area (Å²) in [5, 5.41) is 5.44. The van der Waals surface area contributed by atoms with E-state index in [1.165, 1.54) is 10.4 Å². The van der Waals surface area contributed by atoms with Crippen LogP contribution in [0.3, 0.4) is 0 Å². The first-order chi connectivity index (χ1) is 8.11. The van der Waals surface area contributed by atoms with Crippen LogP contribution in [0.4, 0.5) is 5.82 Å². The number of rotatable bonds is 3. The third kappa shape index (κ3) is 2.47. The lowest BCUT2D eigenvalue weighted by atomic mass is 10.1. The van der Waals surface area contributed by atoms with Crippen LogP contribution in [-0.2, 0) is 0 Å². The molecule has 0 aromatic carbocycles. The number of hydrogen-bond donors (Lipinski definition) is 1. The number of thiophene rings is 1. The fraction of sp³-hybridized carbons (Fsp3) is 0.385. The zero-order valence-electron chi connectivity index (χ0n) is 10.7. The second kappa shape index (κ2) is 4.84. The molecule has 0 spiro atoms. The van der Waals surface area contributed by atoms with Crippen molar-refractivity contribution in [1.29, 1.82) is 0 Å². The van der Waals surface area contributed by atoms with Gasteiger partial charge in [0.1, 0.15) is 11.6 Å². The van der Waals surface area contributed by atoms with E-state index in [2.05, 4.69) is 47.5 Å². The summed E-state index contributed by atoms with van der Waals surface area (Å²) in [6.07, 6.45) is 0. The molecule has 2 aromatic heterocycles. The summed E-state index contributed by atoms with van der Waals surface area (Å²) in [5.41, 5.74) is 3.35. The first-order valence-electron chi connectivity index (χ1n) is 5.76. The molecule has 0 saturated carbocycles. The molecule has 0 fully saturated rings. The Hall–Kier alpha value is -1.42. The maximum absolute atomic E-state index is 4.55. The molecular weight excluding hydrogens is 230 g/mol. The molecule has 0 radical (unpaired) electrons. The van der Waals surface area contributed by atoms with Crippen molar-refractivity contribution in [1.82, 2.24) is 9.97 Å². The van der Waals surface area contributed by atoms with E-state index in [1.807, 2.05) is 6.92 Å². The Labute approximate surface area is 106 Å². The van der Waals surface area contributed by atoms with Crippen LogP contribution in [0.25, 0.3) is 11.3 Å².